The van der Waals surface area contributed by atoms with Gasteiger partial charge in [-0.3, -0.25) is 14.4 Å². The molecule has 6 heteroatoms. The number of hydrogen-bond donors (Lipinski definition) is 0. The zero-order valence-corrected chi connectivity index (χ0v) is 54.9. The van der Waals surface area contributed by atoms with Crippen LogP contribution in [0.5, 0.6) is 0 Å². The first-order valence-corrected chi connectivity index (χ1v) is 35.7. The van der Waals surface area contributed by atoms with Crippen LogP contribution in [0.15, 0.2) is 97.2 Å². The van der Waals surface area contributed by atoms with Crippen LogP contribution in [-0.4, -0.2) is 37.2 Å². The van der Waals surface area contributed by atoms with Crippen LogP contribution in [0.3, 0.4) is 0 Å². The fourth-order valence-electron chi connectivity index (χ4n) is 10.3. The second-order valence-corrected chi connectivity index (χ2v) is 23.8. The summed E-state index contributed by atoms with van der Waals surface area (Å²) < 4.78 is 17.0. The maximum Gasteiger partial charge on any atom is 0.306 e. The summed E-state index contributed by atoms with van der Waals surface area (Å²) in [6.07, 6.45) is 95.8. The normalized spacial score (nSPS) is 12.7. The minimum absolute atomic E-state index is 0.0866. The molecule has 0 heterocycles. The predicted octanol–water partition coefficient (Wildman–Crippen LogP) is 24.8. The van der Waals surface area contributed by atoms with Gasteiger partial charge >= 0.3 is 17.9 Å². The van der Waals surface area contributed by atoms with E-state index in [1.165, 1.54) is 205 Å². The average Bonchev–Trinajstić information content (AvgIpc) is 3.49. The molecular formula is C77H134O6. The van der Waals surface area contributed by atoms with Gasteiger partial charge < -0.3 is 14.2 Å². The Kier molecular flexibility index (Phi) is 67.7. The highest BCUT2D eigenvalue weighted by atomic mass is 16.6. The molecule has 0 fully saturated rings. The molecule has 0 rings (SSSR count). The first kappa shape index (κ1) is 79.3. The monoisotopic (exact) mass is 1160 g/mol. The van der Waals surface area contributed by atoms with Crippen molar-refractivity contribution in [3.05, 3.63) is 97.2 Å². The summed E-state index contributed by atoms with van der Waals surface area (Å²) in [5.41, 5.74) is 0. The number of unbranched alkanes of at least 4 members (excludes halogenated alkanes) is 38. The Morgan fingerprint density at radius 2 is 0.470 bits per heavy atom. The van der Waals surface area contributed by atoms with E-state index < -0.39 is 6.10 Å². The molecule has 0 aliphatic rings. The molecule has 1 atom stereocenters. The first-order chi connectivity index (χ1) is 41.0. The lowest BCUT2D eigenvalue weighted by molar-refractivity contribution is -0.167. The summed E-state index contributed by atoms with van der Waals surface area (Å²) in [4.78, 5) is 38.5. The largest absolute Gasteiger partial charge is 0.462 e. The van der Waals surface area contributed by atoms with Crippen molar-refractivity contribution in [2.75, 3.05) is 13.2 Å². The molecule has 0 aliphatic carbocycles. The smallest absolute Gasteiger partial charge is 0.306 e. The molecular weight excluding hydrogens is 1020 g/mol. The third kappa shape index (κ3) is 69.0. The minimum atomic E-state index is -0.795. The van der Waals surface area contributed by atoms with Crippen LogP contribution < -0.4 is 0 Å². The lowest BCUT2D eigenvalue weighted by atomic mass is 10.0. The maximum absolute atomic E-state index is 13.0. The molecule has 0 saturated heterocycles. The standard InChI is InChI=1S/C77H134O6/c1-4-7-10-13-16-19-22-25-28-31-33-35-37-38-39-40-41-43-44-46-49-52-55-58-61-64-67-70-76(79)82-73-74(72-81-75(78)69-66-63-60-57-54-51-48-30-27-24-21-18-15-12-9-6-3)83-77(80)71-68-65-62-59-56-53-50-47-45-42-36-34-32-29-26-23-20-17-14-11-8-5-2/h7,10,16,19,25,28,33,35,38-39,41,43,46,49,55,58,74H,4-6,8-9,11-15,17-18,20-24,26-27,29-32,34,36-37,40,42,44-45,47-48,50-54,56-57,59-73H2,1-3H3/b10-7-,19-16-,28-25-,35-33-,39-38-,43-41-,49-46-,58-55-. The Balaban J connectivity index is 4.41. The van der Waals surface area contributed by atoms with Gasteiger partial charge in [-0.05, 0) is 83.5 Å². The Bertz CT molecular complexity index is 1610. The molecule has 0 aromatic heterocycles. The van der Waals surface area contributed by atoms with Gasteiger partial charge in [0.05, 0.1) is 0 Å². The predicted molar refractivity (Wildman–Crippen MR) is 362 cm³/mol. The van der Waals surface area contributed by atoms with Gasteiger partial charge in [-0.1, -0.05) is 349 Å². The number of allylic oxidation sites excluding steroid dienone is 16. The zero-order valence-electron chi connectivity index (χ0n) is 54.9. The van der Waals surface area contributed by atoms with E-state index in [2.05, 4.69) is 118 Å². The van der Waals surface area contributed by atoms with Crippen molar-refractivity contribution in [3.63, 3.8) is 0 Å². The molecule has 0 N–H and O–H groups in total. The van der Waals surface area contributed by atoms with E-state index in [1.807, 2.05) is 0 Å². The summed E-state index contributed by atoms with van der Waals surface area (Å²) in [7, 11) is 0. The second kappa shape index (κ2) is 70.8. The van der Waals surface area contributed by atoms with Crippen LogP contribution >= 0.6 is 0 Å². The molecule has 0 saturated carbocycles. The van der Waals surface area contributed by atoms with E-state index in [0.29, 0.717) is 19.3 Å². The molecule has 0 radical (unpaired) electrons. The number of ether oxygens (including phenoxy) is 3. The van der Waals surface area contributed by atoms with Crippen LogP contribution in [0, 0.1) is 0 Å². The Morgan fingerprint density at radius 3 is 0.735 bits per heavy atom. The molecule has 0 amide bonds. The quantitative estimate of drug-likeness (QED) is 0.0261. The molecule has 0 aromatic carbocycles. The molecule has 6 nitrogen and oxygen atoms in total. The summed E-state index contributed by atoms with van der Waals surface area (Å²) in [5, 5.41) is 0. The molecule has 1 unspecified atom stereocenters. The van der Waals surface area contributed by atoms with Crippen molar-refractivity contribution >= 4 is 17.9 Å². The van der Waals surface area contributed by atoms with Crippen molar-refractivity contribution in [1.82, 2.24) is 0 Å². The van der Waals surface area contributed by atoms with Crippen molar-refractivity contribution in [2.24, 2.45) is 0 Å². The van der Waals surface area contributed by atoms with Gasteiger partial charge in [-0.2, -0.15) is 0 Å². The van der Waals surface area contributed by atoms with Gasteiger partial charge in [0.2, 0.25) is 0 Å². The van der Waals surface area contributed by atoms with Crippen LogP contribution in [-0.2, 0) is 28.6 Å². The Morgan fingerprint density at radius 1 is 0.253 bits per heavy atom. The second-order valence-electron chi connectivity index (χ2n) is 23.8. The molecule has 478 valence electrons. The number of carbonyl (C=O) groups is 3. The number of esters is 3. The number of carbonyl (C=O) groups excluding carboxylic acids is 3. The van der Waals surface area contributed by atoms with Gasteiger partial charge in [0.25, 0.3) is 0 Å². The molecule has 0 aromatic rings. The maximum atomic E-state index is 13.0. The summed E-state index contributed by atoms with van der Waals surface area (Å²) in [5.74, 6) is -0.911. The van der Waals surface area contributed by atoms with Crippen LogP contribution in [0.25, 0.3) is 0 Å². The van der Waals surface area contributed by atoms with E-state index in [-0.39, 0.29) is 31.1 Å². The first-order valence-electron chi connectivity index (χ1n) is 35.7. The SMILES string of the molecule is CC/C=C\C/C=C\C/C=C\C/C=C\C/C=C\C/C=C\C/C=C\C/C=C\CCCCC(=O)OCC(COC(=O)CCCCCCCCCCCCCCCCCC)OC(=O)CCCCCCCCCCCCCCCCCCCCCCCC. The molecule has 83 heavy (non-hydrogen) atoms. The van der Waals surface area contributed by atoms with E-state index in [4.69, 9.17) is 14.2 Å². The lowest BCUT2D eigenvalue weighted by Gasteiger charge is -2.18. The van der Waals surface area contributed by atoms with Crippen molar-refractivity contribution in [1.29, 1.82) is 0 Å². The third-order valence-corrected chi connectivity index (χ3v) is 15.6. The fraction of sp³-hybridized carbons (Fsp3) is 0.753. The van der Waals surface area contributed by atoms with Crippen molar-refractivity contribution < 1.29 is 28.6 Å². The Labute approximate surface area is 515 Å². The summed E-state index contributed by atoms with van der Waals surface area (Å²) in [6.45, 7) is 6.55. The number of hydrogen-bond acceptors (Lipinski definition) is 6. The zero-order chi connectivity index (χ0) is 59.9. The van der Waals surface area contributed by atoms with Gasteiger partial charge in [0.15, 0.2) is 6.10 Å². The van der Waals surface area contributed by atoms with Gasteiger partial charge in [0, 0.05) is 19.3 Å². The van der Waals surface area contributed by atoms with Gasteiger partial charge in [-0.25, -0.2) is 0 Å². The van der Waals surface area contributed by atoms with E-state index >= 15 is 0 Å². The topological polar surface area (TPSA) is 78.9 Å². The highest BCUT2D eigenvalue weighted by molar-refractivity contribution is 5.71. The van der Waals surface area contributed by atoms with E-state index in [0.717, 1.165) is 109 Å². The van der Waals surface area contributed by atoms with Gasteiger partial charge in [0.1, 0.15) is 13.2 Å². The van der Waals surface area contributed by atoms with Crippen molar-refractivity contribution in [2.45, 2.75) is 361 Å². The van der Waals surface area contributed by atoms with E-state index in [9.17, 15) is 14.4 Å². The summed E-state index contributed by atoms with van der Waals surface area (Å²) >= 11 is 0. The molecule has 0 spiro atoms. The molecule has 0 bridgehead atoms. The van der Waals surface area contributed by atoms with Crippen LogP contribution in [0.1, 0.15) is 355 Å². The number of rotatable bonds is 65. The van der Waals surface area contributed by atoms with Gasteiger partial charge in [-0.15, -0.1) is 0 Å². The lowest BCUT2D eigenvalue weighted by Crippen LogP contribution is -2.30. The Hall–Kier alpha value is -3.67. The van der Waals surface area contributed by atoms with Crippen molar-refractivity contribution in [3.8, 4) is 0 Å². The summed E-state index contributed by atoms with van der Waals surface area (Å²) in [6, 6.07) is 0. The minimum Gasteiger partial charge on any atom is -0.462 e. The highest BCUT2D eigenvalue weighted by Gasteiger charge is 2.19. The van der Waals surface area contributed by atoms with Crippen LogP contribution in [0.4, 0.5) is 0 Å². The molecule has 0 aliphatic heterocycles. The average molecular weight is 1160 g/mol. The highest BCUT2D eigenvalue weighted by Crippen LogP contribution is 2.18. The fourth-order valence-corrected chi connectivity index (χ4v) is 10.3. The van der Waals surface area contributed by atoms with Crippen LogP contribution in [0.2, 0.25) is 0 Å². The third-order valence-electron chi connectivity index (χ3n) is 15.6. The van der Waals surface area contributed by atoms with E-state index in [1.54, 1.807) is 0 Å².